The van der Waals surface area contributed by atoms with Gasteiger partial charge in [0.15, 0.2) is 5.78 Å². The van der Waals surface area contributed by atoms with Crippen LogP contribution in [0.5, 0.6) is 0 Å². The van der Waals surface area contributed by atoms with Crippen molar-refractivity contribution in [1.29, 1.82) is 0 Å². The predicted octanol–water partition coefficient (Wildman–Crippen LogP) is 4.72. The zero-order valence-corrected chi connectivity index (χ0v) is 18.7. The average Bonchev–Trinajstić information content (AvgIpc) is 3.25. The Hall–Kier alpha value is -3.00. The zero-order valence-electron chi connectivity index (χ0n) is 17.9. The number of tetrazole rings is 1. The van der Waals surface area contributed by atoms with Crippen LogP contribution in [0.15, 0.2) is 53.7 Å². The molecule has 0 aliphatic heterocycles. The molecule has 0 unspecified atom stereocenters. The summed E-state index contributed by atoms with van der Waals surface area (Å²) in [5.41, 5.74) is 3.43. The van der Waals surface area contributed by atoms with Gasteiger partial charge in [0.25, 0.3) is 0 Å². The molecule has 0 spiro atoms. The van der Waals surface area contributed by atoms with Gasteiger partial charge in [-0.2, -0.15) is 4.68 Å². The van der Waals surface area contributed by atoms with Crippen molar-refractivity contribution in [3.05, 3.63) is 59.7 Å². The fraction of sp³-hybridized carbons (Fsp3) is 0.348. The van der Waals surface area contributed by atoms with Crippen LogP contribution < -0.4 is 5.32 Å². The van der Waals surface area contributed by atoms with E-state index in [0.717, 1.165) is 18.5 Å². The highest BCUT2D eigenvalue weighted by Gasteiger charge is 2.13. The molecule has 8 heteroatoms. The Morgan fingerprint density at radius 3 is 2.42 bits per heavy atom. The number of Topliss-reactive ketones (excluding diaryl/α,β-unsaturated/α-hetero) is 1. The molecule has 3 rings (SSSR count). The van der Waals surface area contributed by atoms with Gasteiger partial charge in [0.1, 0.15) is 0 Å². The van der Waals surface area contributed by atoms with Crippen molar-refractivity contribution in [3.8, 4) is 5.69 Å². The van der Waals surface area contributed by atoms with Gasteiger partial charge in [-0.3, -0.25) is 9.59 Å². The number of carbonyl (C=O) groups is 2. The molecule has 0 saturated heterocycles. The number of unbranched alkanes of at least 4 members (excludes halogenated alkanes) is 1. The summed E-state index contributed by atoms with van der Waals surface area (Å²) in [7, 11) is 0. The molecular formula is C23H27N5O2S. The Kier molecular flexibility index (Phi) is 8.35. The fourth-order valence-electron chi connectivity index (χ4n) is 3.02. The molecule has 1 aromatic heterocycles. The summed E-state index contributed by atoms with van der Waals surface area (Å²) < 4.78 is 1.65. The normalized spacial score (nSPS) is 10.8. The van der Waals surface area contributed by atoms with Crippen LogP contribution in [0.4, 0.5) is 5.69 Å². The van der Waals surface area contributed by atoms with Crippen molar-refractivity contribution in [2.45, 2.75) is 51.1 Å². The molecule has 0 saturated carbocycles. The highest BCUT2D eigenvalue weighted by atomic mass is 32.2. The van der Waals surface area contributed by atoms with Crippen LogP contribution >= 0.6 is 11.8 Å². The van der Waals surface area contributed by atoms with E-state index in [9.17, 15) is 9.59 Å². The van der Waals surface area contributed by atoms with Gasteiger partial charge < -0.3 is 5.32 Å². The van der Waals surface area contributed by atoms with E-state index in [1.807, 2.05) is 19.1 Å². The van der Waals surface area contributed by atoms with Crippen LogP contribution in [0.1, 0.15) is 55.5 Å². The lowest BCUT2D eigenvalue weighted by Gasteiger charge is -2.07. The van der Waals surface area contributed by atoms with Crippen LogP contribution in [0, 0.1) is 0 Å². The minimum Gasteiger partial charge on any atom is -0.326 e. The molecule has 0 bridgehead atoms. The highest BCUT2D eigenvalue weighted by Crippen LogP contribution is 2.21. The minimum atomic E-state index is -0.0269. The first-order chi connectivity index (χ1) is 15.1. The van der Waals surface area contributed by atoms with Crippen molar-refractivity contribution in [2.75, 3.05) is 11.1 Å². The van der Waals surface area contributed by atoms with Crippen LogP contribution in [0.25, 0.3) is 5.69 Å². The summed E-state index contributed by atoms with van der Waals surface area (Å²) in [6.07, 6.45) is 4.67. The van der Waals surface area contributed by atoms with E-state index >= 15 is 0 Å². The zero-order chi connectivity index (χ0) is 22.1. The van der Waals surface area contributed by atoms with Crippen LogP contribution in [-0.4, -0.2) is 37.7 Å². The second kappa shape index (κ2) is 11.4. The third-order valence-corrected chi connectivity index (χ3v) is 5.66. The number of anilines is 1. The molecule has 31 heavy (non-hydrogen) atoms. The number of amides is 1. The second-order valence-corrected chi connectivity index (χ2v) is 8.17. The third-order valence-electron chi connectivity index (χ3n) is 4.74. The van der Waals surface area contributed by atoms with Gasteiger partial charge in [-0.25, -0.2) is 0 Å². The molecule has 2 aromatic carbocycles. The van der Waals surface area contributed by atoms with Crippen molar-refractivity contribution in [3.63, 3.8) is 0 Å². The SMILES string of the molecule is CCCCc1ccc(-n2nnnc2SCC(=O)c2ccc(NC(=O)CCC)cc2)cc1. The number of benzene rings is 2. The molecule has 1 amide bonds. The summed E-state index contributed by atoms with van der Waals surface area (Å²) in [4.78, 5) is 24.3. The largest absolute Gasteiger partial charge is 0.326 e. The molecule has 0 aliphatic carbocycles. The molecule has 0 atom stereocenters. The lowest BCUT2D eigenvalue weighted by molar-refractivity contribution is -0.116. The maximum absolute atomic E-state index is 12.6. The number of rotatable bonds is 11. The molecule has 0 fully saturated rings. The van der Waals surface area contributed by atoms with Crippen molar-refractivity contribution in [1.82, 2.24) is 20.2 Å². The summed E-state index contributed by atoms with van der Waals surface area (Å²) in [6, 6.07) is 15.1. The Morgan fingerprint density at radius 2 is 1.74 bits per heavy atom. The van der Waals surface area contributed by atoms with Gasteiger partial charge >= 0.3 is 0 Å². The number of carbonyl (C=O) groups excluding carboxylic acids is 2. The summed E-state index contributed by atoms with van der Waals surface area (Å²) >= 11 is 1.30. The fourth-order valence-corrected chi connectivity index (χ4v) is 3.80. The number of ketones is 1. The van der Waals surface area contributed by atoms with Crippen LogP contribution in [0.2, 0.25) is 0 Å². The molecular weight excluding hydrogens is 410 g/mol. The maximum Gasteiger partial charge on any atom is 0.224 e. The van der Waals surface area contributed by atoms with Gasteiger partial charge in [0.05, 0.1) is 11.4 Å². The summed E-state index contributed by atoms with van der Waals surface area (Å²) in [5, 5.41) is 15.3. The van der Waals surface area contributed by atoms with E-state index in [2.05, 4.69) is 39.9 Å². The first-order valence-electron chi connectivity index (χ1n) is 10.5. The quantitative estimate of drug-likeness (QED) is 0.345. The van der Waals surface area contributed by atoms with Gasteiger partial charge in [-0.05, 0) is 71.7 Å². The molecule has 0 radical (unpaired) electrons. The Morgan fingerprint density at radius 1 is 1.00 bits per heavy atom. The van der Waals surface area contributed by atoms with E-state index in [1.54, 1.807) is 28.9 Å². The third kappa shape index (κ3) is 6.49. The predicted molar refractivity (Wildman–Crippen MR) is 123 cm³/mol. The summed E-state index contributed by atoms with van der Waals surface area (Å²) in [5.74, 6) is 0.166. The standard InChI is InChI=1S/C23H27N5O2S/c1-3-5-7-17-8-14-20(15-9-17)28-23(25-26-27-28)31-16-21(29)18-10-12-19(13-11-18)24-22(30)6-4-2/h8-15H,3-7,16H2,1-2H3,(H,24,30). The highest BCUT2D eigenvalue weighted by molar-refractivity contribution is 7.99. The second-order valence-electron chi connectivity index (χ2n) is 7.23. The minimum absolute atomic E-state index is 0.0256. The van der Waals surface area contributed by atoms with Crippen LogP contribution in [0.3, 0.4) is 0 Å². The Balaban J connectivity index is 1.59. The van der Waals surface area contributed by atoms with E-state index in [4.69, 9.17) is 0 Å². The number of hydrogen-bond acceptors (Lipinski definition) is 6. The van der Waals surface area contributed by atoms with Gasteiger partial charge in [0.2, 0.25) is 11.1 Å². The van der Waals surface area contributed by atoms with E-state index in [0.29, 0.717) is 22.8 Å². The number of aryl methyl sites for hydroxylation is 1. The average molecular weight is 438 g/mol. The summed E-state index contributed by atoms with van der Waals surface area (Å²) in [6.45, 7) is 4.14. The molecule has 1 heterocycles. The smallest absolute Gasteiger partial charge is 0.224 e. The van der Waals surface area contributed by atoms with Crippen LogP contribution in [-0.2, 0) is 11.2 Å². The van der Waals surface area contributed by atoms with Gasteiger partial charge in [0, 0.05) is 17.7 Å². The van der Waals surface area contributed by atoms with E-state index in [-0.39, 0.29) is 17.4 Å². The lowest BCUT2D eigenvalue weighted by atomic mass is 10.1. The number of nitrogens with one attached hydrogen (secondary N) is 1. The maximum atomic E-state index is 12.6. The van der Waals surface area contributed by atoms with Gasteiger partial charge in [-0.1, -0.05) is 44.2 Å². The first kappa shape index (κ1) is 22.7. The van der Waals surface area contributed by atoms with Crippen molar-refractivity contribution in [2.24, 2.45) is 0 Å². The molecule has 3 aromatic rings. The molecule has 0 aliphatic rings. The van der Waals surface area contributed by atoms with E-state index in [1.165, 1.54) is 30.2 Å². The van der Waals surface area contributed by atoms with Crippen molar-refractivity contribution >= 4 is 29.1 Å². The number of hydrogen-bond donors (Lipinski definition) is 1. The topological polar surface area (TPSA) is 89.8 Å². The molecule has 1 N–H and O–H groups in total. The van der Waals surface area contributed by atoms with Crippen molar-refractivity contribution < 1.29 is 9.59 Å². The number of thioether (sulfide) groups is 1. The first-order valence-corrected chi connectivity index (χ1v) is 11.5. The number of nitrogens with zero attached hydrogens (tertiary/aromatic N) is 4. The van der Waals surface area contributed by atoms with E-state index < -0.39 is 0 Å². The lowest BCUT2D eigenvalue weighted by Crippen LogP contribution is -2.11. The van der Waals surface area contributed by atoms with Gasteiger partial charge in [-0.15, -0.1) is 5.10 Å². The number of aromatic nitrogens is 4. The Bertz CT molecular complexity index is 1000. The monoisotopic (exact) mass is 437 g/mol. The Labute approximate surface area is 186 Å². The molecule has 162 valence electrons. The molecule has 7 nitrogen and oxygen atoms in total.